The Morgan fingerprint density at radius 3 is 2.78 bits per heavy atom. The Kier molecular flexibility index (Phi) is 1.84. The highest BCUT2D eigenvalue weighted by molar-refractivity contribution is 5.92. The smallest absolute Gasteiger partial charge is 0.334 e. The second kappa shape index (κ2) is 3.01. The Balaban J connectivity index is 1.78. The molecule has 18 heavy (non-hydrogen) atoms. The first-order valence-corrected chi connectivity index (χ1v) is 6.97. The lowest BCUT2D eigenvalue weighted by Crippen LogP contribution is -2.37. The molecule has 0 aromatic rings. The summed E-state index contributed by atoms with van der Waals surface area (Å²) in [7, 11) is 0. The monoisotopic (exact) mass is 248 g/mol. The number of esters is 1. The molecule has 2 fully saturated rings. The molecular weight excluding hydrogens is 228 g/mol. The standard InChI is InChI=1S/C15H20O3/c1-14(2)4-9-11(6-14)15(3)5-8-10(12(9)18-15)7-17-13(8)16/h9,11-12H,4-7H2,1-3H3. The lowest BCUT2D eigenvalue weighted by atomic mass is 9.80. The third-order valence-corrected chi connectivity index (χ3v) is 5.51. The van der Waals surface area contributed by atoms with Crippen molar-refractivity contribution in [1.29, 1.82) is 0 Å². The molecule has 2 bridgehead atoms. The summed E-state index contributed by atoms with van der Waals surface area (Å²) in [4.78, 5) is 11.8. The van der Waals surface area contributed by atoms with E-state index in [9.17, 15) is 4.79 Å². The van der Waals surface area contributed by atoms with E-state index in [1.807, 2.05) is 0 Å². The van der Waals surface area contributed by atoms with Gasteiger partial charge in [-0.1, -0.05) is 13.8 Å². The molecule has 4 rings (SSSR count). The van der Waals surface area contributed by atoms with Crippen LogP contribution in [-0.4, -0.2) is 24.3 Å². The van der Waals surface area contributed by atoms with E-state index in [4.69, 9.17) is 9.47 Å². The van der Waals surface area contributed by atoms with E-state index < -0.39 is 0 Å². The zero-order valence-corrected chi connectivity index (χ0v) is 11.3. The summed E-state index contributed by atoms with van der Waals surface area (Å²) in [6, 6.07) is 0. The summed E-state index contributed by atoms with van der Waals surface area (Å²) in [6.07, 6.45) is 3.34. The number of ether oxygens (including phenoxy) is 2. The molecule has 1 saturated heterocycles. The molecule has 0 aromatic heterocycles. The van der Waals surface area contributed by atoms with Crippen LogP contribution in [0.1, 0.15) is 40.0 Å². The van der Waals surface area contributed by atoms with E-state index in [2.05, 4.69) is 20.8 Å². The first-order chi connectivity index (χ1) is 8.40. The van der Waals surface area contributed by atoms with Crippen LogP contribution >= 0.6 is 0 Å². The van der Waals surface area contributed by atoms with Gasteiger partial charge in [0.2, 0.25) is 0 Å². The molecule has 0 amide bonds. The molecule has 4 atom stereocenters. The van der Waals surface area contributed by atoms with Gasteiger partial charge in [0.25, 0.3) is 0 Å². The van der Waals surface area contributed by atoms with Gasteiger partial charge in [0, 0.05) is 17.6 Å². The summed E-state index contributed by atoms with van der Waals surface area (Å²) in [6.45, 7) is 7.38. The van der Waals surface area contributed by atoms with Gasteiger partial charge in [0.05, 0.1) is 11.7 Å². The molecule has 3 heterocycles. The number of carbonyl (C=O) groups is 1. The summed E-state index contributed by atoms with van der Waals surface area (Å²) in [5, 5.41) is 0. The van der Waals surface area contributed by atoms with Gasteiger partial charge >= 0.3 is 5.97 Å². The van der Waals surface area contributed by atoms with E-state index in [0.717, 1.165) is 17.6 Å². The zero-order valence-electron chi connectivity index (χ0n) is 11.3. The topological polar surface area (TPSA) is 35.5 Å². The second-order valence-electron chi connectivity index (χ2n) is 7.45. The summed E-state index contributed by atoms with van der Waals surface area (Å²) >= 11 is 0. The summed E-state index contributed by atoms with van der Waals surface area (Å²) in [5.41, 5.74) is 2.37. The van der Waals surface area contributed by atoms with E-state index >= 15 is 0 Å². The number of carbonyl (C=O) groups excluding carboxylic acids is 1. The molecule has 0 spiro atoms. The first-order valence-electron chi connectivity index (χ1n) is 6.97. The SMILES string of the molecule is CC1(C)CC2C3OC(C)(CC4=C3COC4=O)C2C1. The largest absolute Gasteiger partial charge is 0.458 e. The number of rotatable bonds is 0. The Hall–Kier alpha value is -0.830. The minimum absolute atomic E-state index is 0.0937. The number of hydrogen-bond acceptors (Lipinski definition) is 3. The molecule has 0 radical (unpaired) electrons. The van der Waals surface area contributed by atoms with Crippen molar-refractivity contribution in [3.8, 4) is 0 Å². The van der Waals surface area contributed by atoms with Crippen molar-refractivity contribution in [3.63, 3.8) is 0 Å². The molecule has 1 saturated carbocycles. The fraction of sp³-hybridized carbons (Fsp3) is 0.800. The van der Waals surface area contributed by atoms with Gasteiger partial charge in [-0.15, -0.1) is 0 Å². The molecule has 3 aliphatic heterocycles. The Morgan fingerprint density at radius 1 is 1.22 bits per heavy atom. The second-order valence-corrected chi connectivity index (χ2v) is 7.45. The van der Waals surface area contributed by atoms with Crippen molar-refractivity contribution in [2.24, 2.45) is 17.3 Å². The van der Waals surface area contributed by atoms with Gasteiger partial charge in [-0.2, -0.15) is 0 Å². The Bertz CT molecular complexity index is 476. The lowest BCUT2D eigenvalue weighted by molar-refractivity contribution is -0.136. The van der Waals surface area contributed by atoms with Crippen molar-refractivity contribution >= 4 is 5.97 Å². The minimum Gasteiger partial charge on any atom is -0.458 e. The van der Waals surface area contributed by atoms with Crippen LogP contribution in [0.25, 0.3) is 0 Å². The number of hydrogen-bond donors (Lipinski definition) is 0. The van der Waals surface area contributed by atoms with E-state index in [0.29, 0.717) is 23.9 Å². The highest BCUT2D eigenvalue weighted by atomic mass is 16.6. The molecule has 98 valence electrons. The molecule has 3 heteroatoms. The molecule has 0 N–H and O–H groups in total. The van der Waals surface area contributed by atoms with Crippen molar-refractivity contribution < 1.29 is 14.3 Å². The van der Waals surface area contributed by atoms with Crippen LogP contribution < -0.4 is 0 Å². The van der Waals surface area contributed by atoms with Crippen LogP contribution in [0.4, 0.5) is 0 Å². The van der Waals surface area contributed by atoms with Crippen LogP contribution in [0.15, 0.2) is 11.1 Å². The molecular formula is C15H20O3. The predicted octanol–water partition coefficient (Wildman–Crippen LogP) is 2.45. The molecule has 4 aliphatic rings. The van der Waals surface area contributed by atoms with Crippen LogP contribution in [0.3, 0.4) is 0 Å². The van der Waals surface area contributed by atoms with Crippen LogP contribution in [0.5, 0.6) is 0 Å². The maximum Gasteiger partial charge on any atom is 0.334 e. The minimum atomic E-state index is -0.134. The van der Waals surface area contributed by atoms with Gasteiger partial charge in [0.1, 0.15) is 6.61 Å². The van der Waals surface area contributed by atoms with E-state index in [1.165, 1.54) is 12.8 Å². The molecule has 1 aliphatic carbocycles. The predicted molar refractivity (Wildman–Crippen MR) is 65.9 cm³/mol. The summed E-state index contributed by atoms with van der Waals surface area (Å²) in [5.74, 6) is 1.10. The van der Waals surface area contributed by atoms with Gasteiger partial charge in [0.15, 0.2) is 0 Å². The maximum absolute atomic E-state index is 11.8. The average molecular weight is 248 g/mol. The number of fused-ring (bicyclic) bond motifs is 6. The van der Waals surface area contributed by atoms with Crippen molar-refractivity contribution in [3.05, 3.63) is 11.1 Å². The van der Waals surface area contributed by atoms with Gasteiger partial charge < -0.3 is 9.47 Å². The normalized spacial score (nSPS) is 48.2. The van der Waals surface area contributed by atoms with Crippen LogP contribution in [0, 0.1) is 17.3 Å². The molecule has 0 aromatic carbocycles. The van der Waals surface area contributed by atoms with Gasteiger partial charge in [-0.25, -0.2) is 4.79 Å². The van der Waals surface area contributed by atoms with Gasteiger partial charge in [-0.3, -0.25) is 0 Å². The number of cyclic esters (lactones) is 1. The first kappa shape index (κ1) is 11.0. The maximum atomic E-state index is 11.8. The zero-order chi connectivity index (χ0) is 12.7. The Labute approximate surface area is 108 Å². The van der Waals surface area contributed by atoms with Crippen molar-refractivity contribution in [1.82, 2.24) is 0 Å². The fourth-order valence-electron chi connectivity index (χ4n) is 4.80. The fourth-order valence-corrected chi connectivity index (χ4v) is 4.80. The highest BCUT2D eigenvalue weighted by Gasteiger charge is 2.62. The third kappa shape index (κ3) is 1.21. The molecule has 4 unspecified atom stereocenters. The highest BCUT2D eigenvalue weighted by Crippen LogP contribution is 2.62. The molecule has 3 nitrogen and oxygen atoms in total. The lowest BCUT2D eigenvalue weighted by Gasteiger charge is -2.35. The average Bonchev–Trinajstić information content (AvgIpc) is 2.84. The van der Waals surface area contributed by atoms with Crippen LogP contribution in [0.2, 0.25) is 0 Å². The third-order valence-electron chi connectivity index (χ3n) is 5.51. The van der Waals surface area contributed by atoms with Crippen LogP contribution in [-0.2, 0) is 14.3 Å². The van der Waals surface area contributed by atoms with Crippen molar-refractivity contribution in [2.75, 3.05) is 6.61 Å². The van der Waals surface area contributed by atoms with Gasteiger partial charge in [-0.05, 0) is 37.0 Å². The summed E-state index contributed by atoms with van der Waals surface area (Å²) < 4.78 is 11.5. The van der Waals surface area contributed by atoms with E-state index in [1.54, 1.807) is 0 Å². The quantitative estimate of drug-likeness (QED) is 0.618. The van der Waals surface area contributed by atoms with E-state index in [-0.39, 0.29) is 17.7 Å². The van der Waals surface area contributed by atoms with Crippen molar-refractivity contribution in [2.45, 2.75) is 51.7 Å². The Morgan fingerprint density at radius 2 is 2.00 bits per heavy atom.